The van der Waals surface area contributed by atoms with Crippen LogP contribution in [0.25, 0.3) is 0 Å². The van der Waals surface area contributed by atoms with Gasteiger partial charge in [-0.1, -0.05) is 12.1 Å². The standard InChI is InChI=1S/C14H18N2O4/c1-9(14(19)20-4)15-13(18)11-7-5-6-8-12(11)16(3)10(2)17/h5-9H,1-4H3,(H,15,18). The smallest absolute Gasteiger partial charge is 0.328 e. The summed E-state index contributed by atoms with van der Waals surface area (Å²) >= 11 is 0. The average molecular weight is 278 g/mol. The van der Waals surface area contributed by atoms with E-state index >= 15 is 0 Å². The molecule has 20 heavy (non-hydrogen) atoms. The van der Waals surface area contributed by atoms with Gasteiger partial charge < -0.3 is 15.0 Å². The summed E-state index contributed by atoms with van der Waals surface area (Å²) in [6.45, 7) is 2.94. The van der Waals surface area contributed by atoms with Gasteiger partial charge in [-0.15, -0.1) is 0 Å². The minimum Gasteiger partial charge on any atom is -0.467 e. The van der Waals surface area contributed by atoms with E-state index in [0.717, 1.165) is 0 Å². The highest BCUT2D eigenvalue weighted by atomic mass is 16.5. The molecule has 0 aliphatic rings. The second-order valence-electron chi connectivity index (χ2n) is 4.31. The zero-order chi connectivity index (χ0) is 15.3. The third-order valence-corrected chi connectivity index (χ3v) is 2.88. The van der Waals surface area contributed by atoms with E-state index in [0.29, 0.717) is 11.3 Å². The van der Waals surface area contributed by atoms with Gasteiger partial charge in [0.1, 0.15) is 6.04 Å². The van der Waals surface area contributed by atoms with E-state index in [2.05, 4.69) is 10.1 Å². The lowest BCUT2D eigenvalue weighted by atomic mass is 10.1. The van der Waals surface area contributed by atoms with Crippen LogP contribution in [0.2, 0.25) is 0 Å². The number of nitrogens with zero attached hydrogens (tertiary/aromatic N) is 1. The van der Waals surface area contributed by atoms with Crippen LogP contribution in [0.3, 0.4) is 0 Å². The number of hydrogen-bond acceptors (Lipinski definition) is 4. The van der Waals surface area contributed by atoms with Crippen molar-refractivity contribution in [3.8, 4) is 0 Å². The molecule has 0 spiro atoms. The number of carbonyl (C=O) groups is 3. The molecule has 1 atom stereocenters. The lowest BCUT2D eigenvalue weighted by Crippen LogP contribution is -2.40. The Morgan fingerprint density at radius 2 is 1.85 bits per heavy atom. The first-order valence-corrected chi connectivity index (χ1v) is 6.10. The van der Waals surface area contributed by atoms with Crippen molar-refractivity contribution in [2.24, 2.45) is 0 Å². The van der Waals surface area contributed by atoms with Crippen molar-refractivity contribution in [1.29, 1.82) is 0 Å². The summed E-state index contributed by atoms with van der Waals surface area (Å²) in [6, 6.07) is 5.92. The SMILES string of the molecule is COC(=O)C(C)NC(=O)c1ccccc1N(C)C(C)=O. The van der Waals surface area contributed by atoms with Crippen LogP contribution in [0.15, 0.2) is 24.3 Å². The first-order valence-electron chi connectivity index (χ1n) is 6.10. The fourth-order valence-corrected chi connectivity index (χ4v) is 1.64. The Hall–Kier alpha value is -2.37. The van der Waals surface area contributed by atoms with Gasteiger partial charge in [0.15, 0.2) is 0 Å². The first kappa shape index (κ1) is 15.7. The number of nitrogens with one attached hydrogen (secondary N) is 1. The largest absolute Gasteiger partial charge is 0.467 e. The number of hydrogen-bond donors (Lipinski definition) is 1. The molecule has 0 heterocycles. The van der Waals surface area contributed by atoms with Gasteiger partial charge in [-0.2, -0.15) is 0 Å². The van der Waals surface area contributed by atoms with Crippen molar-refractivity contribution in [1.82, 2.24) is 5.32 Å². The molecule has 1 N–H and O–H groups in total. The first-order chi connectivity index (χ1) is 9.38. The maximum Gasteiger partial charge on any atom is 0.328 e. The van der Waals surface area contributed by atoms with E-state index in [1.807, 2.05) is 0 Å². The van der Waals surface area contributed by atoms with Gasteiger partial charge in [-0.3, -0.25) is 9.59 Å². The quantitative estimate of drug-likeness (QED) is 0.832. The second-order valence-corrected chi connectivity index (χ2v) is 4.31. The number of ether oxygens (including phenoxy) is 1. The molecule has 0 fully saturated rings. The maximum absolute atomic E-state index is 12.2. The Bertz CT molecular complexity index is 528. The molecule has 6 nitrogen and oxygen atoms in total. The number of rotatable bonds is 4. The number of esters is 1. The third kappa shape index (κ3) is 3.57. The molecule has 0 saturated carbocycles. The van der Waals surface area contributed by atoms with Gasteiger partial charge in [0.25, 0.3) is 5.91 Å². The topological polar surface area (TPSA) is 75.7 Å². The van der Waals surface area contributed by atoms with Crippen LogP contribution in [0.5, 0.6) is 0 Å². The number of amides is 2. The monoisotopic (exact) mass is 278 g/mol. The normalized spacial score (nSPS) is 11.4. The number of anilines is 1. The summed E-state index contributed by atoms with van der Waals surface area (Å²) in [5, 5.41) is 2.53. The van der Waals surface area contributed by atoms with Crippen molar-refractivity contribution in [2.45, 2.75) is 19.9 Å². The molecule has 0 bridgehead atoms. The molecule has 1 aromatic rings. The molecule has 0 aliphatic carbocycles. The lowest BCUT2D eigenvalue weighted by Gasteiger charge is -2.19. The summed E-state index contributed by atoms with van der Waals surface area (Å²) in [5.41, 5.74) is 0.801. The van der Waals surface area contributed by atoms with Crippen LogP contribution >= 0.6 is 0 Å². The molecule has 2 amide bonds. The molecule has 108 valence electrons. The van der Waals surface area contributed by atoms with E-state index in [1.54, 1.807) is 31.3 Å². The number of methoxy groups -OCH3 is 1. The highest BCUT2D eigenvalue weighted by Gasteiger charge is 2.20. The number of para-hydroxylation sites is 1. The third-order valence-electron chi connectivity index (χ3n) is 2.88. The van der Waals surface area contributed by atoms with Crippen molar-refractivity contribution >= 4 is 23.5 Å². The van der Waals surface area contributed by atoms with Crippen molar-refractivity contribution in [2.75, 3.05) is 19.1 Å². The van der Waals surface area contributed by atoms with Crippen molar-refractivity contribution in [3.05, 3.63) is 29.8 Å². The summed E-state index contributed by atoms with van der Waals surface area (Å²) in [4.78, 5) is 36.3. The Kier molecular flexibility index (Phi) is 5.25. The fraction of sp³-hybridized carbons (Fsp3) is 0.357. The predicted molar refractivity (Wildman–Crippen MR) is 74.5 cm³/mol. The zero-order valence-corrected chi connectivity index (χ0v) is 12.0. The summed E-state index contributed by atoms with van der Waals surface area (Å²) in [6.07, 6.45) is 0. The molecule has 0 radical (unpaired) electrons. The molecule has 1 aromatic carbocycles. The van der Waals surface area contributed by atoms with Gasteiger partial charge in [0, 0.05) is 14.0 Å². The molecular weight excluding hydrogens is 260 g/mol. The van der Waals surface area contributed by atoms with Gasteiger partial charge >= 0.3 is 5.97 Å². The van der Waals surface area contributed by atoms with E-state index in [4.69, 9.17) is 0 Å². The minimum atomic E-state index is -0.761. The van der Waals surface area contributed by atoms with Crippen LogP contribution in [0, 0.1) is 0 Å². The summed E-state index contributed by atoms with van der Waals surface area (Å²) < 4.78 is 4.55. The van der Waals surface area contributed by atoms with Crippen molar-refractivity contribution in [3.63, 3.8) is 0 Å². The second kappa shape index (κ2) is 6.70. The van der Waals surface area contributed by atoms with Crippen LogP contribution < -0.4 is 10.2 Å². The Labute approximate surface area is 117 Å². The van der Waals surface area contributed by atoms with Gasteiger partial charge in [-0.25, -0.2) is 4.79 Å². The van der Waals surface area contributed by atoms with Crippen LogP contribution in [0.4, 0.5) is 5.69 Å². The summed E-state index contributed by atoms with van der Waals surface area (Å²) in [5.74, 6) is -1.16. The van der Waals surface area contributed by atoms with Gasteiger partial charge in [-0.05, 0) is 19.1 Å². The van der Waals surface area contributed by atoms with E-state index in [9.17, 15) is 14.4 Å². The van der Waals surface area contributed by atoms with E-state index in [1.165, 1.54) is 25.9 Å². The molecular formula is C14H18N2O4. The van der Waals surface area contributed by atoms with E-state index < -0.39 is 17.9 Å². The maximum atomic E-state index is 12.2. The van der Waals surface area contributed by atoms with Crippen LogP contribution in [-0.2, 0) is 14.3 Å². The van der Waals surface area contributed by atoms with Gasteiger partial charge in [0.05, 0.1) is 18.4 Å². The van der Waals surface area contributed by atoms with Crippen LogP contribution in [-0.4, -0.2) is 38.0 Å². The van der Waals surface area contributed by atoms with E-state index in [-0.39, 0.29) is 5.91 Å². The molecule has 6 heteroatoms. The predicted octanol–water partition coefficient (Wildman–Crippen LogP) is 0.961. The summed E-state index contributed by atoms with van der Waals surface area (Å²) in [7, 11) is 2.83. The lowest BCUT2D eigenvalue weighted by molar-refractivity contribution is -0.142. The molecule has 0 aliphatic heterocycles. The average Bonchev–Trinajstić information content (AvgIpc) is 2.45. The molecule has 1 unspecified atom stereocenters. The zero-order valence-electron chi connectivity index (χ0n) is 12.0. The van der Waals surface area contributed by atoms with Gasteiger partial charge in [0.2, 0.25) is 5.91 Å². The number of benzene rings is 1. The minimum absolute atomic E-state index is 0.189. The highest BCUT2D eigenvalue weighted by Crippen LogP contribution is 2.19. The highest BCUT2D eigenvalue weighted by molar-refractivity contribution is 6.05. The number of carbonyl (C=O) groups excluding carboxylic acids is 3. The molecule has 0 saturated heterocycles. The fourth-order valence-electron chi connectivity index (χ4n) is 1.64. The molecule has 1 rings (SSSR count). The Balaban J connectivity index is 2.99. The molecule has 0 aromatic heterocycles. The van der Waals surface area contributed by atoms with Crippen LogP contribution in [0.1, 0.15) is 24.2 Å². The van der Waals surface area contributed by atoms with Crippen molar-refractivity contribution < 1.29 is 19.1 Å². The Morgan fingerprint density at radius 3 is 2.40 bits per heavy atom. The Morgan fingerprint density at radius 1 is 1.25 bits per heavy atom.